The second-order valence-electron chi connectivity index (χ2n) is 6.33. The fourth-order valence-corrected chi connectivity index (χ4v) is 3.25. The summed E-state index contributed by atoms with van der Waals surface area (Å²) in [5.41, 5.74) is 1.48. The van der Waals surface area contributed by atoms with E-state index in [2.05, 4.69) is 10.3 Å². The molecular weight excluding hydrogens is 350 g/mol. The Labute approximate surface area is 156 Å². The molecule has 0 unspecified atom stereocenters. The third-order valence-electron chi connectivity index (χ3n) is 4.66. The number of nitrogens with zero attached hydrogens (tertiary/aromatic N) is 2. The van der Waals surface area contributed by atoms with Gasteiger partial charge in [-0.25, -0.2) is 4.98 Å². The Hall–Kier alpha value is -3.29. The first kappa shape index (κ1) is 17.1. The minimum absolute atomic E-state index is 0.0898. The summed E-state index contributed by atoms with van der Waals surface area (Å²) in [7, 11) is 1.53. The summed E-state index contributed by atoms with van der Waals surface area (Å²) in [5, 5.41) is 2.87. The van der Waals surface area contributed by atoms with Crippen LogP contribution in [0, 0.1) is 5.92 Å². The van der Waals surface area contributed by atoms with Gasteiger partial charge in [0, 0.05) is 43.0 Å². The highest BCUT2D eigenvalue weighted by Gasteiger charge is 2.35. The molecule has 1 atom stereocenters. The zero-order chi connectivity index (χ0) is 18.8. The van der Waals surface area contributed by atoms with Gasteiger partial charge in [-0.05, 0) is 18.2 Å². The number of ether oxygens (including phenoxy) is 3. The number of nitrogens with one attached hydrogen (secondary N) is 1. The van der Waals surface area contributed by atoms with Crippen LogP contribution in [0.3, 0.4) is 0 Å². The molecule has 27 heavy (non-hydrogen) atoms. The van der Waals surface area contributed by atoms with E-state index in [1.54, 1.807) is 35.4 Å². The van der Waals surface area contributed by atoms with Gasteiger partial charge in [-0.3, -0.25) is 9.59 Å². The van der Waals surface area contributed by atoms with Crippen molar-refractivity contribution in [3.8, 4) is 17.4 Å². The molecule has 0 aliphatic carbocycles. The molecule has 8 nitrogen and oxygen atoms in total. The molecule has 2 aliphatic heterocycles. The third kappa shape index (κ3) is 3.38. The van der Waals surface area contributed by atoms with Crippen molar-refractivity contribution in [2.45, 2.75) is 13.0 Å². The van der Waals surface area contributed by atoms with Crippen LogP contribution in [0.25, 0.3) is 0 Å². The minimum atomic E-state index is -0.411. The van der Waals surface area contributed by atoms with Crippen LogP contribution in [-0.4, -0.2) is 37.2 Å². The average molecular weight is 369 g/mol. The van der Waals surface area contributed by atoms with Crippen LogP contribution in [0.1, 0.15) is 12.0 Å². The smallest absolute Gasteiger partial charge is 0.231 e. The number of carbonyl (C=O) groups excluding carboxylic acids is 2. The van der Waals surface area contributed by atoms with Crippen LogP contribution in [0.5, 0.6) is 17.4 Å². The van der Waals surface area contributed by atoms with Crippen molar-refractivity contribution in [1.82, 2.24) is 10.3 Å². The minimum Gasteiger partial charge on any atom is -0.481 e. The zero-order valence-corrected chi connectivity index (χ0v) is 14.8. The SMILES string of the molecule is COc1ncccc1CNC(=O)[C@H]1CC(=O)N(c2ccc3c(c2)OCO3)C1. The molecule has 0 radical (unpaired) electrons. The molecule has 140 valence electrons. The van der Waals surface area contributed by atoms with Crippen molar-refractivity contribution >= 4 is 17.5 Å². The van der Waals surface area contributed by atoms with Gasteiger partial charge in [0.15, 0.2) is 11.5 Å². The van der Waals surface area contributed by atoms with Crippen LogP contribution in [0.2, 0.25) is 0 Å². The Morgan fingerprint density at radius 2 is 2.19 bits per heavy atom. The number of fused-ring (bicyclic) bond motifs is 1. The van der Waals surface area contributed by atoms with E-state index in [1.165, 1.54) is 7.11 Å². The highest BCUT2D eigenvalue weighted by molar-refractivity contribution is 6.00. The van der Waals surface area contributed by atoms with Crippen molar-refractivity contribution in [3.63, 3.8) is 0 Å². The summed E-state index contributed by atoms with van der Waals surface area (Å²) >= 11 is 0. The topological polar surface area (TPSA) is 90.0 Å². The van der Waals surface area contributed by atoms with E-state index in [0.717, 1.165) is 5.56 Å². The molecule has 1 saturated heterocycles. The second kappa shape index (κ2) is 7.14. The molecule has 0 saturated carbocycles. The maximum Gasteiger partial charge on any atom is 0.231 e. The van der Waals surface area contributed by atoms with Crippen LogP contribution in [0.4, 0.5) is 5.69 Å². The second-order valence-corrected chi connectivity index (χ2v) is 6.33. The summed E-state index contributed by atoms with van der Waals surface area (Å²) in [5.74, 6) is 1.07. The Balaban J connectivity index is 1.40. The van der Waals surface area contributed by atoms with Crippen molar-refractivity contribution in [2.75, 3.05) is 25.3 Å². The lowest BCUT2D eigenvalue weighted by Crippen LogP contribution is -2.32. The van der Waals surface area contributed by atoms with Gasteiger partial charge < -0.3 is 24.4 Å². The van der Waals surface area contributed by atoms with Gasteiger partial charge in [0.1, 0.15) is 0 Å². The fourth-order valence-electron chi connectivity index (χ4n) is 3.25. The molecule has 1 fully saturated rings. The molecular formula is C19H19N3O5. The van der Waals surface area contributed by atoms with Crippen molar-refractivity contribution in [1.29, 1.82) is 0 Å². The quantitative estimate of drug-likeness (QED) is 0.859. The van der Waals surface area contributed by atoms with Gasteiger partial charge >= 0.3 is 0 Å². The highest BCUT2D eigenvalue weighted by atomic mass is 16.7. The highest BCUT2D eigenvalue weighted by Crippen LogP contribution is 2.37. The average Bonchev–Trinajstić information content (AvgIpc) is 3.32. The predicted molar refractivity (Wildman–Crippen MR) is 95.7 cm³/mol. The lowest BCUT2D eigenvalue weighted by molar-refractivity contribution is -0.126. The van der Waals surface area contributed by atoms with E-state index < -0.39 is 5.92 Å². The predicted octanol–water partition coefficient (Wildman–Crippen LogP) is 1.49. The van der Waals surface area contributed by atoms with Gasteiger partial charge in [0.05, 0.1) is 13.0 Å². The zero-order valence-electron chi connectivity index (χ0n) is 14.8. The largest absolute Gasteiger partial charge is 0.481 e. The summed E-state index contributed by atoms with van der Waals surface area (Å²) in [4.78, 5) is 30.7. The first-order valence-electron chi connectivity index (χ1n) is 8.61. The van der Waals surface area contributed by atoms with Gasteiger partial charge in [0.2, 0.25) is 24.5 Å². The molecule has 2 amide bonds. The van der Waals surface area contributed by atoms with Gasteiger partial charge in [-0.2, -0.15) is 0 Å². The Morgan fingerprint density at radius 3 is 3.04 bits per heavy atom. The molecule has 2 aromatic rings. The molecule has 1 aromatic carbocycles. The van der Waals surface area contributed by atoms with Crippen LogP contribution in [-0.2, 0) is 16.1 Å². The number of pyridine rings is 1. The fraction of sp³-hybridized carbons (Fsp3) is 0.316. The van der Waals surface area contributed by atoms with E-state index in [4.69, 9.17) is 14.2 Å². The molecule has 2 aliphatic rings. The maximum absolute atomic E-state index is 12.5. The lowest BCUT2D eigenvalue weighted by atomic mass is 10.1. The third-order valence-corrected chi connectivity index (χ3v) is 4.66. The summed E-state index contributed by atoms with van der Waals surface area (Å²) in [6.45, 7) is 0.800. The van der Waals surface area contributed by atoms with Crippen LogP contribution >= 0.6 is 0 Å². The Morgan fingerprint density at radius 1 is 1.33 bits per heavy atom. The van der Waals surface area contributed by atoms with E-state index in [-0.39, 0.29) is 25.0 Å². The molecule has 8 heteroatoms. The number of methoxy groups -OCH3 is 1. The van der Waals surface area contributed by atoms with E-state index in [0.29, 0.717) is 36.2 Å². The molecule has 0 bridgehead atoms. The Bertz CT molecular complexity index is 885. The summed E-state index contributed by atoms with van der Waals surface area (Å²) in [6, 6.07) is 8.95. The molecule has 4 rings (SSSR count). The number of aromatic nitrogens is 1. The number of rotatable bonds is 5. The Kier molecular flexibility index (Phi) is 4.53. The lowest BCUT2D eigenvalue weighted by Gasteiger charge is -2.17. The molecule has 1 N–H and O–H groups in total. The standard InChI is InChI=1S/C19H19N3O5/c1-25-19-12(3-2-6-20-19)9-21-18(24)13-7-17(23)22(10-13)14-4-5-15-16(8-14)27-11-26-15/h2-6,8,13H,7,9-11H2,1H3,(H,21,24)/t13-/m0/s1. The number of amides is 2. The first-order valence-corrected chi connectivity index (χ1v) is 8.61. The molecule has 1 aromatic heterocycles. The maximum atomic E-state index is 12.5. The van der Waals surface area contributed by atoms with E-state index in [1.807, 2.05) is 6.07 Å². The van der Waals surface area contributed by atoms with Crippen LogP contribution in [0.15, 0.2) is 36.5 Å². The number of anilines is 1. The summed E-state index contributed by atoms with van der Waals surface area (Å²) in [6.07, 6.45) is 1.80. The number of carbonyl (C=O) groups is 2. The number of benzene rings is 1. The van der Waals surface area contributed by atoms with E-state index >= 15 is 0 Å². The van der Waals surface area contributed by atoms with Gasteiger partial charge in [-0.1, -0.05) is 6.07 Å². The number of hydrogen-bond acceptors (Lipinski definition) is 6. The van der Waals surface area contributed by atoms with E-state index in [9.17, 15) is 9.59 Å². The van der Waals surface area contributed by atoms with Crippen molar-refractivity contribution < 1.29 is 23.8 Å². The van der Waals surface area contributed by atoms with Crippen molar-refractivity contribution in [3.05, 3.63) is 42.1 Å². The normalized spacial score (nSPS) is 17.9. The molecule has 3 heterocycles. The number of hydrogen-bond donors (Lipinski definition) is 1. The van der Waals surface area contributed by atoms with Gasteiger partial charge in [-0.15, -0.1) is 0 Å². The summed E-state index contributed by atoms with van der Waals surface area (Å²) < 4.78 is 15.8. The monoisotopic (exact) mass is 369 g/mol. The molecule has 0 spiro atoms. The first-order chi connectivity index (χ1) is 13.2. The van der Waals surface area contributed by atoms with Crippen LogP contribution < -0.4 is 24.4 Å². The van der Waals surface area contributed by atoms with Gasteiger partial charge in [0.25, 0.3) is 0 Å². The van der Waals surface area contributed by atoms with Crippen molar-refractivity contribution in [2.24, 2.45) is 5.92 Å².